The average Bonchev–Trinajstić information content (AvgIpc) is 3.17. The van der Waals surface area contributed by atoms with Gasteiger partial charge in [0.1, 0.15) is 0 Å². The molecular formula is C20H25N3O3. The summed E-state index contributed by atoms with van der Waals surface area (Å²) in [5, 5.41) is 13.7. The average molecular weight is 355 g/mol. The highest BCUT2D eigenvalue weighted by atomic mass is 16.4. The topological polar surface area (TPSA) is 75.4 Å². The normalized spacial score (nSPS) is 14.2. The van der Waals surface area contributed by atoms with Crippen LogP contribution in [0.1, 0.15) is 46.2 Å². The molecule has 1 heterocycles. The van der Waals surface area contributed by atoms with Crippen molar-refractivity contribution in [1.82, 2.24) is 14.7 Å². The monoisotopic (exact) mass is 355 g/mol. The van der Waals surface area contributed by atoms with Crippen molar-refractivity contribution in [2.75, 3.05) is 13.6 Å². The van der Waals surface area contributed by atoms with E-state index >= 15 is 0 Å². The van der Waals surface area contributed by atoms with Crippen LogP contribution in [-0.2, 0) is 17.6 Å². The standard InChI is InChI=1S/C20H25N3O3/c1-12-8-9-16(13(2)10-12)23-17-7-5-6-15(17)18(21-23)19(24)22(4)11-14(3)20(25)26/h8-10,14H,5-7,11H2,1-4H3,(H,25,26). The molecule has 6 heteroatoms. The van der Waals surface area contributed by atoms with Gasteiger partial charge in [0.05, 0.1) is 11.6 Å². The molecule has 1 N–H and O–H groups in total. The number of hydrogen-bond donors (Lipinski definition) is 1. The summed E-state index contributed by atoms with van der Waals surface area (Å²) in [7, 11) is 1.64. The van der Waals surface area contributed by atoms with Crippen LogP contribution in [0.4, 0.5) is 0 Å². The Bertz CT molecular complexity index is 869. The zero-order valence-electron chi connectivity index (χ0n) is 15.7. The highest BCUT2D eigenvalue weighted by Crippen LogP contribution is 2.29. The van der Waals surface area contributed by atoms with E-state index in [-0.39, 0.29) is 12.5 Å². The molecule has 0 radical (unpaired) electrons. The van der Waals surface area contributed by atoms with Crippen molar-refractivity contribution < 1.29 is 14.7 Å². The van der Waals surface area contributed by atoms with Crippen LogP contribution < -0.4 is 0 Å². The second-order valence-electron chi connectivity index (χ2n) is 7.25. The molecule has 0 saturated carbocycles. The van der Waals surface area contributed by atoms with Crippen molar-refractivity contribution in [2.24, 2.45) is 5.92 Å². The molecule has 2 aromatic rings. The lowest BCUT2D eigenvalue weighted by molar-refractivity contribution is -0.141. The van der Waals surface area contributed by atoms with Crippen molar-refractivity contribution in [2.45, 2.75) is 40.0 Å². The number of carboxylic acid groups (broad SMARTS) is 1. The molecule has 1 unspecified atom stereocenters. The van der Waals surface area contributed by atoms with E-state index in [2.05, 4.69) is 18.1 Å². The molecule has 0 spiro atoms. The van der Waals surface area contributed by atoms with Gasteiger partial charge in [0, 0.05) is 24.8 Å². The maximum absolute atomic E-state index is 12.9. The molecule has 1 aromatic carbocycles. The third-order valence-electron chi connectivity index (χ3n) is 5.03. The molecule has 6 nitrogen and oxygen atoms in total. The van der Waals surface area contributed by atoms with Crippen molar-refractivity contribution in [1.29, 1.82) is 0 Å². The van der Waals surface area contributed by atoms with Gasteiger partial charge in [-0.05, 0) is 44.7 Å². The maximum Gasteiger partial charge on any atom is 0.308 e. The highest BCUT2D eigenvalue weighted by molar-refractivity contribution is 5.94. The van der Waals surface area contributed by atoms with Crippen molar-refractivity contribution in [3.63, 3.8) is 0 Å². The number of amides is 1. The van der Waals surface area contributed by atoms with E-state index in [1.54, 1.807) is 14.0 Å². The smallest absolute Gasteiger partial charge is 0.308 e. The summed E-state index contributed by atoms with van der Waals surface area (Å²) in [4.78, 5) is 25.4. The van der Waals surface area contributed by atoms with Crippen LogP contribution in [0.15, 0.2) is 18.2 Å². The first kappa shape index (κ1) is 18.2. The number of carboxylic acids is 1. The predicted molar refractivity (Wildman–Crippen MR) is 98.8 cm³/mol. The van der Waals surface area contributed by atoms with E-state index in [4.69, 9.17) is 5.11 Å². The fraction of sp³-hybridized carbons (Fsp3) is 0.450. The Kier molecular flexibility index (Phi) is 4.85. The Hall–Kier alpha value is -2.63. The lowest BCUT2D eigenvalue weighted by Gasteiger charge is -2.18. The van der Waals surface area contributed by atoms with Crippen LogP contribution in [0.25, 0.3) is 5.69 Å². The molecule has 0 fully saturated rings. The Labute approximate surface area is 153 Å². The van der Waals surface area contributed by atoms with Gasteiger partial charge in [-0.3, -0.25) is 9.59 Å². The van der Waals surface area contributed by atoms with E-state index < -0.39 is 11.9 Å². The zero-order chi connectivity index (χ0) is 19.0. The molecule has 0 saturated heterocycles. The van der Waals surface area contributed by atoms with Gasteiger partial charge >= 0.3 is 5.97 Å². The number of aliphatic carboxylic acids is 1. The van der Waals surface area contributed by atoms with Crippen LogP contribution in [0.2, 0.25) is 0 Å². The molecule has 0 bridgehead atoms. The van der Waals surface area contributed by atoms with Gasteiger partial charge in [0.25, 0.3) is 5.91 Å². The zero-order valence-corrected chi connectivity index (χ0v) is 15.7. The number of carbonyl (C=O) groups excluding carboxylic acids is 1. The second kappa shape index (κ2) is 6.94. The lowest BCUT2D eigenvalue weighted by atomic mass is 10.1. The SMILES string of the molecule is Cc1ccc(-n2nc(C(=O)N(C)CC(C)C(=O)O)c3c2CCC3)c(C)c1. The first-order valence-electron chi connectivity index (χ1n) is 8.96. The van der Waals surface area contributed by atoms with Gasteiger partial charge in [0.15, 0.2) is 5.69 Å². The van der Waals surface area contributed by atoms with Gasteiger partial charge in [0.2, 0.25) is 0 Å². The van der Waals surface area contributed by atoms with Crippen LogP contribution in [-0.4, -0.2) is 45.3 Å². The van der Waals surface area contributed by atoms with Gasteiger partial charge < -0.3 is 10.0 Å². The van der Waals surface area contributed by atoms with Gasteiger partial charge in [-0.2, -0.15) is 5.10 Å². The van der Waals surface area contributed by atoms with E-state index in [1.807, 2.05) is 23.7 Å². The van der Waals surface area contributed by atoms with Crippen molar-refractivity contribution in [3.8, 4) is 5.69 Å². The summed E-state index contributed by atoms with van der Waals surface area (Å²) >= 11 is 0. The van der Waals surface area contributed by atoms with E-state index in [1.165, 1.54) is 10.5 Å². The first-order chi connectivity index (χ1) is 12.3. The molecule has 26 heavy (non-hydrogen) atoms. The number of fused-ring (bicyclic) bond motifs is 1. The number of aryl methyl sites for hydroxylation is 2. The first-order valence-corrected chi connectivity index (χ1v) is 8.96. The summed E-state index contributed by atoms with van der Waals surface area (Å²) in [5.74, 6) is -1.73. The quantitative estimate of drug-likeness (QED) is 0.895. The minimum Gasteiger partial charge on any atom is -0.481 e. The molecule has 1 amide bonds. The minimum absolute atomic E-state index is 0.166. The molecule has 0 aliphatic heterocycles. The Morgan fingerprint density at radius 1 is 1.31 bits per heavy atom. The Balaban J connectivity index is 1.97. The van der Waals surface area contributed by atoms with Crippen LogP contribution in [0.3, 0.4) is 0 Å². The summed E-state index contributed by atoms with van der Waals surface area (Å²) in [6, 6.07) is 6.20. The summed E-state index contributed by atoms with van der Waals surface area (Å²) < 4.78 is 1.90. The second-order valence-corrected chi connectivity index (χ2v) is 7.25. The lowest BCUT2D eigenvalue weighted by Crippen LogP contribution is -2.34. The number of aromatic nitrogens is 2. The molecular weight excluding hydrogens is 330 g/mol. The number of rotatable bonds is 5. The van der Waals surface area contributed by atoms with Gasteiger partial charge in [-0.15, -0.1) is 0 Å². The van der Waals surface area contributed by atoms with E-state index in [9.17, 15) is 9.59 Å². The van der Waals surface area contributed by atoms with Gasteiger partial charge in [-0.1, -0.05) is 24.6 Å². The number of hydrogen-bond acceptors (Lipinski definition) is 3. The summed E-state index contributed by atoms with van der Waals surface area (Å²) in [6.07, 6.45) is 2.75. The highest BCUT2D eigenvalue weighted by Gasteiger charge is 2.29. The molecule has 138 valence electrons. The Morgan fingerprint density at radius 2 is 2.04 bits per heavy atom. The van der Waals surface area contributed by atoms with Crippen LogP contribution in [0, 0.1) is 19.8 Å². The third kappa shape index (κ3) is 3.23. The number of nitrogens with zero attached hydrogens (tertiary/aromatic N) is 3. The predicted octanol–water partition coefficient (Wildman–Crippen LogP) is 2.77. The van der Waals surface area contributed by atoms with Crippen molar-refractivity contribution in [3.05, 3.63) is 46.3 Å². The van der Waals surface area contributed by atoms with Gasteiger partial charge in [-0.25, -0.2) is 4.68 Å². The summed E-state index contributed by atoms with van der Waals surface area (Å²) in [6.45, 7) is 5.87. The van der Waals surface area contributed by atoms with E-state index in [0.717, 1.165) is 41.8 Å². The van der Waals surface area contributed by atoms with Crippen LogP contribution >= 0.6 is 0 Å². The van der Waals surface area contributed by atoms with Crippen LogP contribution in [0.5, 0.6) is 0 Å². The largest absolute Gasteiger partial charge is 0.481 e. The van der Waals surface area contributed by atoms with Crippen molar-refractivity contribution >= 4 is 11.9 Å². The minimum atomic E-state index is -0.907. The molecule has 3 rings (SSSR count). The third-order valence-corrected chi connectivity index (χ3v) is 5.03. The molecule has 1 aliphatic rings. The fourth-order valence-electron chi connectivity index (χ4n) is 3.60. The number of benzene rings is 1. The molecule has 1 aromatic heterocycles. The Morgan fingerprint density at radius 3 is 2.69 bits per heavy atom. The molecule has 1 atom stereocenters. The van der Waals surface area contributed by atoms with E-state index in [0.29, 0.717) is 5.69 Å². The fourth-order valence-corrected chi connectivity index (χ4v) is 3.60. The molecule has 1 aliphatic carbocycles. The number of carbonyl (C=O) groups is 2. The maximum atomic E-state index is 12.9. The summed E-state index contributed by atoms with van der Waals surface area (Å²) in [5.41, 5.74) is 5.86.